The molecule has 11 heteroatoms. The van der Waals surface area contributed by atoms with Gasteiger partial charge < -0.3 is 40.5 Å². The molecule has 1 aromatic carbocycles. The van der Waals surface area contributed by atoms with Crippen molar-refractivity contribution in [3.8, 4) is 0 Å². The van der Waals surface area contributed by atoms with E-state index in [4.69, 9.17) is 9.47 Å². The predicted molar refractivity (Wildman–Crippen MR) is 157 cm³/mol. The van der Waals surface area contributed by atoms with Gasteiger partial charge in [0.2, 0.25) is 5.91 Å². The summed E-state index contributed by atoms with van der Waals surface area (Å²) in [7, 11) is 0. The minimum atomic E-state index is -1.41. The zero-order valence-corrected chi connectivity index (χ0v) is 25.4. The van der Waals surface area contributed by atoms with E-state index in [-0.39, 0.29) is 29.8 Å². The van der Waals surface area contributed by atoms with Crippen molar-refractivity contribution in [2.45, 2.75) is 105 Å². The largest absolute Gasteiger partial charge is 0.392 e. The van der Waals surface area contributed by atoms with Crippen molar-refractivity contribution in [3.05, 3.63) is 29.8 Å². The number of aliphatic hydroxyl groups is 4. The highest BCUT2D eigenvalue weighted by molar-refractivity contribution is 8.00. The third kappa shape index (κ3) is 7.54. The quantitative estimate of drug-likeness (QED) is 0.221. The van der Waals surface area contributed by atoms with Crippen LogP contribution < -0.4 is 10.6 Å². The maximum atomic E-state index is 13.8. The van der Waals surface area contributed by atoms with Crippen LogP contribution in [-0.4, -0.2) is 99.0 Å². The molecule has 11 atom stereocenters. The summed E-state index contributed by atoms with van der Waals surface area (Å²) < 4.78 is 12.4. The summed E-state index contributed by atoms with van der Waals surface area (Å²) in [5.41, 5.74) is 0.0506. The van der Waals surface area contributed by atoms with E-state index in [9.17, 15) is 25.2 Å². The minimum Gasteiger partial charge on any atom is -0.392 e. The summed E-state index contributed by atoms with van der Waals surface area (Å²) in [5, 5.41) is 47.7. The molecule has 3 saturated heterocycles. The number of aliphatic hydroxyl groups excluding tert-OH is 4. The van der Waals surface area contributed by atoms with Crippen LogP contribution in [0.25, 0.3) is 0 Å². The lowest BCUT2D eigenvalue weighted by Gasteiger charge is -2.44. The molecule has 0 aliphatic carbocycles. The number of carbonyl (C=O) groups excluding carboxylic acids is 1. The number of amides is 1. The first-order chi connectivity index (χ1) is 19.1. The lowest BCUT2D eigenvalue weighted by Crippen LogP contribution is -2.65. The standard InChI is InChI=1S/C29H46N2O7S2/c1-15(2)11-18-9-10-37-26-19(12-18)13-30-22(26)28(36)31-21(16(3)40-20-7-5-17(14-32)6-8-20)27-24(34)23(33)25(35)29(38-27)39-4/h5-8,15-16,18-19,21-27,29-30,32-35H,9-14H2,1-4H3,(H,31,36)/t16-,18-,19-,21+,22-,23-,24+,25+,26+,27+,29+/m0/s1. The first-order valence-electron chi connectivity index (χ1n) is 14.4. The highest BCUT2D eigenvalue weighted by Crippen LogP contribution is 2.36. The number of fused-ring (bicyclic) bond motifs is 1. The predicted octanol–water partition coefficient (Wildman–Crippen LogP) is 1.74. The number of ether oxygens (including phenoxy) is 2. The fraction of sp³-hybridized carbons (Fsp3) is 0.759. The van der Waals surface area contributed by atoms with Crippen LogP contribution in [0, 0.1) is 17.8 Å². The summed E-state index contributed by atoms with van der Waals surface area (Å²) >= 11 is 2.75. The van der Waals surface area contributed by atoms with Crippen LogP contribution in [-0.2, 0) is 20.9 Å². The number of benzene rings is 1. The Morgan fingerprint density at radius 3 is 2.50 bits per heavy atom. The average Bonchev–Trinajstić information content (AvgIpc) is 3.22. The van der Waals surface area contributed by atoms with Crippen LogP contribution in [0.4, 0.5) is 0 Å². The van der Waals surface area contributed by atoms with Crippen molar-refractivity contribution in [3.63, 3.8) is 0 Å². The van der Waals surface area contributed by atoms with Crippen LogP contribution in [0.3, 0.4) is 0 Å². The van der Waals surface area contributed by atoms with Crippen LogP contribution in [0.5, 0.6) is 0 Å². The molecule has 0 unspecified atom stereocenters. The lowest BCUT2D eigenvalue weighted by molar-refractivity contribution is -0.205. The molecule has 0 radical (unpaired) electrons. The fourth-order valence-electron chi connectivity index (χ4n) is 6.32. The fourth-order valence-corrected chi connectivity index (χ4v) is 8.09. The summed E-state index contributed by atoms with van der Waals surface area (Å²) in [6.45, 7) is 7.73. The highest BCUT2D eigenvalue weighted by atomic mass is 32.2. The number of nitrogens with one attached hydrogen (secondary N) is 2. The summed E-state index contributed by atoms with van der Waals surface area (Å²) in [4.78, 5) is 14.8. The second kappa shape index (κ2) is 14.5. The molecule has 6 N–H and O–H groups in total. The molecule has 40 heavy (non-hydrogen) atoms. The van der Waals surface area contributed by atoms with Crippen molar-refractivity contribution in [1.82, 2.24) is 10.6 Å². The second-order valence-corrected chi connectivity index (χ2v) is 14.2. The molecule has 3 aliphatic heterocycles. The lowest BCUT2D eigenvalue weighted by atomic mass is 9.85. The van der Waals surface area contributed by atoms with E-state index < -0.39 is 41.9 Å². The van der Waals surface area contributed by atoms with Gasteiger partial charge >= 0.3 is 0 Å². The van der Waals surface area contributed by atoms with Crippen molar-refractivity contribution >= 4 is 29.4 Å². The van der Waals surface area contributed by atoms with E-state index >= 15 is 0 Å². The van der Waals surface area contributed by atoms with Gasteiger partial charge in [-0.15, -0.1) is 23.5 Å². The number of thioether (sulfide) groups is 2. The zero-order valence-electron chi connectivity index (χ0n) is 23.8. The molecule has 226 valence electrons. The van der Waals surface area contributed by atoms with Gasteiger partial charge in [0.1, 0.15) is 35.9 Å². The van der Waals surface area contributed by atoms with E-state index in [1.807, 2.05) is 31.2 Å². The summed E-state index contributed by atoms with van der Waals surface area (Å²) in [6, 6.07) is 6.29. The summed E-state index contributed by atoms with van der Waals surface area (Å²) in [5.74, 6) is 1.24. The number of rotatable bonds is 10. The van der Waals surface area contributed by atoms with Crippen molar-refractivity contribution in [2.75, 3.05) is 19.4 Å². The number of carbonyl (C=O) groups is 1. The molecular weight excluding hydrogens is 552 g/mol. The smallest absolute Gasteiger partial charge is 0.240 e. The van der Waals surface area contributed by atoms with Crippen LogP contribution in [0.2, 0.25) is 0 Å². The normalized spacial score (nSPS) is 36.1. The van der Waals surface area contributed by atoms with Gasteiger partial charge in [0.05, 0.1) is 18.8 Å². The van der Waals surface area contributed by atoms with Crippen LogP contribution >= 0.6 is 23.5 Å². The molecule has 0 saturated carbocycles. The Hall–Kier alpha value is -0.890. The Bertz CT molecular complexity index is 953. The van der Waals surface area contributed by atoms with Gasteiger partial charge in [-0.25, -0.2) is 0 Å². The van der Waals surface area contributed by atoms with Crippen molar-refractivity contribution in [2.24, 2.45) is 17.8 Å². The van der Waals surface area contributed by atoms with E-state index in [2.05, 4.69) is 24.5 Å². The molecule has 3 fully saturated rings. The first kappa shape index (κ1) is 32.0. The van der Waals surface area contributed by atoms with Gasteiger partial charge in [-0.2, -0.15) is 0 Å². The molecule has 3 heterocycles. The average molecular weight is 599 g/mol. The molecule has 4 rings (SSSR count). The third-order valence-electron chi connectivity index (χ3n) is 8.39. The van der Waals surface area contributed by atoms with Gasteiger partial charge in [-0.05, 0) is 61.0 Å². The molecule has 1 amide bonds. The first-order valence-corrected chi connectivity index (χ1v) is 16.5. The van der Waals surface area contributed by atoms with Crippen molar-refractivity contribution in [1.29, 1.82) is 0 Å². The van der Waals surface area contributed by atoms with Gasteiger partial charge in [0, 0.05) is 23.3 Å². The Balaban J connectivity index is 1.52. The van der Waals surface area contributed by atoms with Crippen LogP contribution in [0.15, 0.2) is 29.2 Å². The topological polar surface area (TPSA) is 141 Å². The van der Waals surface area contributed by atoms with E-state index in [1.54, 1.807) is 6.26 Å². The maximum Gasteiger partial charge on any atom is 0.240 e. The number of hydrogen-bond donors (Lipinski definition) is 6. The molecular formula is C29H46N2O7S2. The van der Waals surface area contributed by atoms with Gasteiger partial charge in [-0.1, -0.05) is 32.9 Å². The van der Waals surface area contributed by atoms with Gasteiger partial charge in [0.25, 0.3) is 0 Å². The molecule has 0 spiro atoms. The monoisotopic (exact) mass is 598 g/mol. The minimum absolute atomic E-state index is 0.0472. The Labute approximate surface area is 246 Å². The Morgan fingerprint density at radius 1 is 1.12 bits per heavy atom. The number of hydrogen-bond acceptors (Lipinski definition) is 10. The second-order valence-electron chi connectivity index (χ2n) is 11.8. The van der Waals surface area contributed by atoms with Crippen molar-refractivity contribution < 1.29 is 34.7 Å². The van der Waals surface area contributed by atoms with Gasteiger partial charge in [0.15, 0.2) is 0 Å². The third-order valence-corrected chi connectivity index (χ3v) is 10.5. The van der Waals surface area contributed by atoms with E-state index in [0.717, 1.165) is 29.7 Å². The SMILES string of the molecule is CS[C@H]1O[C@H]([C@H](NC(=O)[C@H]2NC[C@@H]3C[C@H](CC(C)C)CCO[C@H]32)[C@H](C)Sc2ccc(CO)cc2)[C@H](O)[C@H](O)[C@H]1O. The highest BCUT2D eigenvalue weighted by Gasteiger charge is 2.50. The molecule has 1 aromatic rings. The molecule has 9 nitrogen and oxygen atoms in total. The molecule has 0 bridgehead atoms. The van der Waals surface area contributed by atoms with E-state index in [1.165, 1.54) is 23.5 Å². The van der Waals surface area contributed by atoms with Crippen LogP contribution in [0.1, 0.15) is 45.6 Å². The Morgan fingerprint density at radius 2 is 1.85 bits per heavy atom. The van der Waals surface area contributed by atoms with E-state index in [0.29, 0.717) is 25.0 Å². The molecule has 3 aliphatic rings. The maximum absolute atomic E-state index is 13.8. The zero-order chi connectivity index (χ0) is 29.0. The van der Waals surface area contributed by atoms with Gasteiger partial charge in [-0.3, -0.25) is 4.79 Å². The Kier molecular flexibility index (Phi) is 11.6. The summed E-state index contributed by atoms with van der Waals surface area (Å²) in [6.07, 6.45) is -0.262. The molecule has 0 aromatic heterocycles.